The minimum atomic E-state index is -1.65. The number of methoxy groups -OCH3 is 1. The van der Waals surface area contributed by atoms with E-state index in [0.29, 0.717) is 11.2 Å². The molecule has 2 aromatic rings. The molecule has 3 rings (SSSR count). The lowest BCUT2D eigenvalue weighted by Crippen LogP contribution is -2.43. The van der Waals surface area contributed by atoms with Gasteiger partial charge in [0.05, 0.1) is 6.61 Å². The first-order valence-corrected chi connectivity index (χ1v) is 6.33. The number of nitrogens with zero attached hydrogens (tertiary/aromatic N) is 3. The van der Waals surface area contributed by atoms with Crippen molar-refractivity contribution in [2.24, 2.45) is 0 Å². The molecule has 0 aromatic carbocycles. The molecular formula is C12H16N4O5. The standard InChI is InChI=1S/C12H16N4O5/c1-20-12(10(19)9(18)7(4-17)21-12)8-3-2-6-11(13)14-5-15-16(6)8/h2-3,5,7,9-10,17-19H,4H2,1H3,(H2,13,14,15)/t7-,9?,10+,12+/m1/s1. The third-order valence-corrected chi connectivity index (χ3v) is 3.74. The molecule has 0 spiro atoms. The molecule has 9 heteroatoms. The van der Waals surface area contributed by atoms with Crippen molar-refractivity contribution in [2.75, 3.05) is 19.5 Å². The average Bonchev–Trinajstić information content (AvgIpc) is 3.03. The monoisotopic (exact) mass is 296 g/mol. The fraction of sp³-hybridized carbons (Fsp3) is 0.500. The molecule has 9 nitrogen and oxygen atoms in total. The van der Waals surface area contributed by atoms with E-state index in [0.717, 1.165) is 0 Å². The van der Waals surface area contributed by atoms with Crippen molar-refractivity contribution in [2.45, 2.75) is 24.1 Å². The number of hydrogen-bond donors (Lipinski definition) is 4. The van der Waals surface area contributed by atoms with E-state index >= 15 is 0 Å². The number of nitrogens with two attached hydrogens (primary N) is 1. The Labute approximate surface area is 119 Å². The lowest BCUT2D eigenvalue weighted by molar-refractivity contribution is -0.259. The number of aliphatic hydroxyl groups excluding tert-OH is 3. The van der Waals surface area contributed by atoms with Crippen LogP contribution in [-0.2, 0) is 15.3 Å². The molecule has 5 N–H and O–H groups in total. The number of aliphatic hydroxyl groups is 3. The van der Waals surface area contributed by atoms with Gasteiger partial charge in [0.1, 0.15) is 35.8 Å². The summed E-state index contributed by atoms with van der Waals surface area (Å²) in [6.45, 7) is -0.455. The summed E-state index contributed by atoms with van der Waals surface area (Å²) < 4.78 is 12.3. The fourth-order valence-electron chi connectivity index (χ4n) is 2.64. The Morgan fingerprint density at radius 2 is 2.24 bits per heavy atom. The molecule has 2 aromatic heterocycles. The second-order valence-corrected chi connectivity index (χ2v) is 4.81. The van der Waals surface area contributed by atoms with Gasteiger partial charge >= 0.3 is 0 Å². The highest BCUT2D eigenvalue weighted by Crippen LogP contribution is 2.41. The van der Waals surface area contributed by atoms with Crippen molar-refractivity contribution in [1.82, 2.24) is 14.6 Å². The summed E-state index contributed by atoms with van der Waals surface area (Å²) in [6.07, 6.45) is -2.39. The number of nitrogen functional groups attached to an aromatic ring is 1. The van der Waals surface area contributed by atoms with Gasteiger partial charge < -0.3 is 30.5 Å². The van der Waals surface area contributed by atoms with Crippen LogP contribution in [0.15, 0.2) is 18.5 Å². The van der Waals surface area contributed by atoms with Gasteiger partial charge in [0.2, 0.25) is 5.79 Å². The molecule has 0 aliphatic carbocycles. The van der Waals surface area contributed by atoms with Crippen molar-refractivity contribution < 1.29 is 24.8 Å². The first kappa shape index (κ1) is 14.2. The smallest absolute Gasteiger partial charge is 0.242 e. The van der Waals surface area contributed by atoms with E-state index in [1.165, 1.54) is 18.0 Å². The van der Waals surface area contributed by atoms with Crippen LogP contribution in [-0.4, -0.2) is 61.9 Å². The number of aromatic nitrogens is 3. The SMILES string of the molecule is CO[C@@]1(c2ccc3c(N)ncnn23)O[C@H](CO)C(O)[C@@H]1O. The zero-order chi connectivity index (χ0) is 15.2. The van der Waals surface area contributed by atoms with Crippen molar-refractivity contribution in [3.05, 3.63) is 24.2 Å². The second kappa shape index (κ2) is 4.90. The molecule has 1 unspecified atom stereocenters. The average molecular weight is 296 g/mol. The van der Waals surface area contributed by atoms with Crippen LogP contribution < -0.4 is 5.73 Å². The number of anilines is 1. The first-order valence-electron chi connectivity index (χ1n) is 6.33. The largest absolute Gasteiger partial charge is 0.394 e. The molecule has 0 radical (unpaired) electrons. The summed E-state index contributed by atoms with van der Waals surface area (Å²) in [6, 6.07) is 3.26. The Balaban J connectivity index is 2.17. The first-order chi connectivity index (χ1) is 10.0. The van der Waals surface area contributed by atoms with E-state index in [-0.39, 0.29) is 5.82 Å². The van der Waals surface area contributed by atoms with Gasteiger partial charge in [-0.2, -0.15) is 5.10 Å². The molecule has 1 saturated heterocycles. The third kappa shape index (κ3) is 1.83. The van der Waals surface area contributed by atoms with Crippen LogP contribution in [0.3, 0.4) is 0 Å². The Bertz CT molecular complexity index is 662. The van der Waals surface area contributed by atoms with E-state index in [9.17, 15) is 15.3 Å². The van der Waals surface area contributed by atoms with Crippen LogP contribution in [0.5, 0.6) is 0 Å². The van der Waals surface area contributed by atoms with Gasteiger partial charge in [-0.15, -0.1) is 0 Å². The molecule has 0 bridgehead atoms. The van der Waals surface area contributed by atoms with Crippen molar-refractivity contribution in [3.8, 4) is 0 Å². The van der Waals surface area contributed by atoms with Crippen LogP contribution in [0.25, 0.3) is 5.52 Å². The van der Waals surface area contributed by atoms with Crippen LogP contribution >= 0.6 is 0 Å². The van der Waals surface area contributed by atoms with Gasteiger partial charge in [-0.3, -0.25) is 0 Å². The fourth-order valence-corrected chi connectivity index (χ4v) is 2.64. The summed E-state index contributed by atoms with van der Waals surface area (Å²) in [5.74, 6) is -1.39. The minimum absolute atomic E-state index is 0.259. The molecule has 0 saturated carbocycles. The Morgan fingerprint density at radius 3 is 2.86 bits per heavy atom. The summed E-state index contributed by atoms with van der Waals surface area (Å²) in [5.41, 5.74) is 6.62. The van der Waals surface area contributed by atoms with E-state index in [1.807, 2.05) is 0 Å². The third-order valence-electron chi connectivity index (χ3n) is 3.74. The van der Waals surface area contributed by atoms with Gasteiger partial charge in [-0.25, -0.2) is 9.50 Å². The molecule has 21 heavy (non-hydrogen) atoms. The van der Waals surface area contributed by atoms with E-state index in [2.05, 4.69) is 10.1 Å². The minimum Gasteiger partial charge on any atom is -0.394 e. The Morgan fingerprint density at radius 1 is 1.48 bits per heavy atom. The summed E-state index contributed by atoms with van der Waals surface area (Å²) >= 11 is 0. The van der Waals surface area contributed by atoms with Crippen LogP contribution in [0.4, 0.5) is 5.82 Å². The topological polar surface area (TPSA) is 135 Å². The van der Waals surface area contributed by atoms with Crippen molar-refractivity contribution in [1.29, 1.82) is 0 Å². The highest BCUT2D eigenvalue weighted by molar-refractivity contribution is 5.65. The molecule has 1 aliphatic heterocycles. The molecule has 4 atom stereocenters. The van der Waals surface area contributed by atoms with E-state index < -0.39 is 30.7 Å². The number of rotatable bonds is 3. The molecule has 1 fully saturated rings. The lowest BCUT2D eigenvalue weighted by Gasteiger charge is -2.29. The van der Waals surface area contributed by atoms with Crippen LogP contribution in [0, 0.1) is 0 Å². The van der Waals surface area contributed by atoms with Gasteiger partial charge in [0.25, 0.3) is 0 Å². The van der Waals surface area contributed by atoms with Crippen LogP contribution in [0.1, 0.15) is 5.69 Å². The van der Waals surface area contributed by atoms with Gasteiger partial charge in [-0.1, -0.05) is 0 Å². The number of fused-ring (bicyclic) bond motifs is 1. The molecule has 114 valence electrons. The lowest BCUT2D eigenvalue weighted by atomic mass is 10.0. The normalized spacial score (nSPS) is 32.9. The maximum absolute atomic E-state index is 10.3. The summed E-state index contributed by atoms with van der Waals surface area (Å²) in [7, 11) is 1.33. The predicted octanol–water partition coefficient (Wildman–Crippen LogP) is -1.78. The molecule has 1 aliphatic rings. The van der Waals surface area contributed by atoms with Gasteiger partial charge in [0, 0.05) is 7.11 Å². The zero-order valence-electron chi connectivity index (χ0n) is 11.2. The van der Waals surface area contributed by atoms with Gasteiger partial charge in [-0.05, 0) is 12.1 Å². The Kier molecular flexibility index (Phi) is 3.30. The maximum Gasteiger partial charge on any atom is 0.242 e. The summed E-state index contributed by atoms with van der Waals surface area (Å²) in [5, 5.41) is 33.6. The highest BCUT2D eigenvalue weighted by atomic mass is 16.7. The molecular weight excluding hydrogens is 280 g/mol. The highest BCUT2D eigenvalue weighted by Gasteiger charge is 2.57. The van der Waals surface area contributed by atoms with Gasteiger partial charge in [0.15, 0.2) is 5.82 Å². The van der Waals surface area contributed by atoms with Crippen molar-refractivity contribution >= 4 is 11.3 Å². The molecule has 3 heterocycles. The van der Waals surface area contributed by atoms with E-state index in [4.69, 9.17) is 15.2 Å². The number of hydrogen-bond acceptors (Lipinski definition) is 8. The quantitative estimate of drug-likeness (QED) is 0.522. The van der Waals surface area contributed by atoms with Crippen LogP contribution in [0.2, 0.25) is 0 Å². The number of ether oxygens (including phenoxy) is 2. The zero-order valence-corrected chi connectivity index (χ0v) is 11.2. The van der Waals surface area contributed by atoms with E-state index in [1.54, 1.807) is 12.1 Å². The van der Waals surface area contributed by atoms with Crippen molar-refractivity contribution in [3.63, 3.8) is 0 Å². The second-order valence-electron chi connectivity index (χ2n) is 4.81. The Hall–Kier alpha value is -1.78. The molecule has 0 amide bonds. The summed E-state index contributed by atoms with van der Waals surface area (Å²) in [4.78, 5) is 3.87. The maximum atomic E-state index is 10.3. The predicted molar refractivity (Wildman–Crippen MR) is 70.1 cm³/mol.